The molecule has 1 saturated carbocycles. The van der Waals surface area contributed by atoms with Crippen molar-refractivity contribution >= 4 is 0 Å². The lowest BCUT2D eigenvalue weighted by molar-refractivity contribution is 0.297. The van der Waals surface area contributed by atoms with E-state index in [1.165, 1.54) is 113 Å². The first-order valence-corrected chi connectivity index (χ1v) is 13.6. The van der Waals surface area contributed by atoms with E-state index < -0.39 is 0 Å². The fraction of sp³-hybridized carbons (Fsp3) is 0.667. The summed E-state index contributed by atoms with van der Waals surface area (Å²) in [5.41, 5.74) is 5.02. The summed E-state index contributed by atoms with van der Waals surface area (Å²) in [7, 11) is 0. The lowest BCUT2D eigenvalue weighted by Gasteiger charge is -2.28. The molecule has 0 unspecified atom stereocenters. The van der Waals surface area contributed by atoms with Crippen LogP contribution in [-0.4, -0.2) is 9.97 Å². The van der Waals surface area contributed by atoms with Crippen LogP contribution in [0.4, 0.5) is 0 Å². The second-order valence-electron chi connectivity index (χ2n) is 10.2. The quantitative estimate of drug-likeness (QED) is 0.294. The number of benzene rings is 1. The molecular formula is C30H46N2. The molecule has 2 heteroatoms. The third-order valence-electron chi connectivity index (χ3n) is 7.51. The maximum absolute atomic E-state index is 4.97. The minimum absolute atomic E-state index is 0.560. The summed E-state index contributed by atoms with van der Waals surface area (Å²) in [6.45, 7) is 6.73. The van der Waals surface area contributed by atoms with Gasteiger partial charge < -0.3 is 0 Å². The largest absolute Gasteiger partial charge is 0.240 e. The van der Waals surface area contributed by atoms with Crippen LogP contribution in [0.2, 0.25) is 0 Å². The summed E-state index contributed by atoms with van der Waals surface area (Å²) < 4.78 is 0. The zero-order chi connectivity index (χ0) is 22.6. The molecule has 176 valence electrons. The average molecular weight is 435 g/mol. The highest BCUT2D eigenvalue weighted by Crippen LogP contribution is 2.37. The van der Waals surface area contributed by atoms with Crippen LogP contribution in [0.5, 0.6) is 0 Å². The molecule has 32 heavy (non-hydrogen) atoms. The molecule has 1 aromatic heterocycles. The summed E-state index contributed by atoms with van der Waals surface area (Å²) in [4.78, 5) is 9.81. The molecular weight excluding hydrogens is 388 g/mol. The Kier molecular flexibility index (Phi) is 10.7. The molecule has 1 fully saturated rings. The molecule has 1 heterocycles. The predicted octanol–water partition coefficient (Wildman–Crippen LogP) is 9.21. The van der Waals surface area contributed by atoms with Crippen molar-refractivity contribution in [3.8, 4) is 11.1 Å². The van der Waals surface area contributed by atoms with E-state index in [0.29, 0.717) is 5.92 Å². The molecule has 0 saturated heterocycles. The van der Waals surface area contributed by atoms with Gasteiger partial charge in [0.15, 0.2) is 0 Å². The van der Waals surface area contributed by atoms with Crippen molar-refractivity contribution in [2.24, 2.45) is 5.92 Å². The van der Waals surface area contributed by atoms with Gasteiger partial charge in [0.25, 0.3) is 0 Å². The maximum atomic E-state index is 4.97. The van der Waals surface area contributed by atoms with E-state index in [4.69, 9.17) is 9.97 Å². The molecule has 1 aromatic carbocycles. The van der Waals surface area contributed by atoms with Crippen LogP contribution in [-0.2, 0) is 6.42 Å². The molecule has 0 N–H and O–H groups in total. The molecule has 3 rings (SSSR count). The van der Waals surface area contributed by atoms with Crippen LogP contribution in [0, 0.1) is 12.8 Å². The highest BCUT2D eigenvalue weighted by Gasteiger charge is 2.24. The Labute approximate surface area is 197 Å². The van der Waals surface area contributed by atoms with Gasteiger partial charge in [0.1, 0.15) is 5.82 Å². The average Bonchev–Trinajstić information content (AvgIpc) is 2.82. The molecule has 1 aliphatic carbocycles. The van der Waals surface area contributed by atoms with E-state index in [0.717, 1.165) is 17.4 Å². The van der Waals surface area contributed by atoms with Gasteiger partial charge >= 0.3 is 0 Å². The van der Waals surface area contributed by atoms with Crippen molar-refractivity contribution in [3.63, 3.8) is 0 Å². The van der Waals surface area contributed by atoms with E-state index in [-0.39, 0.29) is 0 Å². The maximum Gasteiger partial charge on any atom is 0.131 e. The molecule has 0 atom stereocenters. The van der Waals surface area contributed by atoms with E-state index in [1.807, 2.05) is 0 Å². The zero-order valence-corrected chi connectivity index (χ0v) is 21.0. The van der Waals surface area contributed by atoms with Crippen molar-refractivity contribution in [1.82, 2.24) is 9.97 Å². The van der Waals surface area contributed by atoms with Gasteiger partial charge in [-0.1, -0.05) is 95.9 Å². The Bertz CT molecular complexity index is 772. The summed E-state index contributed by atoms with van der Waals surface area (Å²) in [6.07, 6.45) is 22.2. The molecule has 0 spiro atoms. The van der Waals surface area contributed by atoms with Gasteiger partial charge in [-0.15, -0.1) is 0 Å². The fourth-order valence-electron chi connectivity index (χ4n) is 5.32. The number of rotatable bonds is 13. The summed E-state index contributed by atoms with van der Waals surface area (Å²) in [5.74, 6) is 2.58. The Morgan fingerprint density at radius 2 is 1.44 bits per heavy atom. The minimum Gasteiger partial charge on any atom is -0.240 e. The summed E-state index contributed by atoms with van der Waals surface area (Å²) >= 11 is 0. The first-order valence-electron chi connectivity index (χ1n) is 13.6. The highest BCUT2D eigenvalue weighted by atomic mass is 14.9. The number of nitrogens with zero attached hydrogens (tertiary/aromatic N) is 2. The third-order valence-corrected chi connectivity index (χ3v) is 7.51. The van der Waals surface area contributed by atoms with Crippen LogP contribution in [0.25, 0.3) is 11.1 Å². The van der Waals surface area contributed by atoms with Crippen molar-refractivity contribution < 1.29 is 0 Å². The first kappa shape index (κ1) is 24.9. The van der Waals surface area contributed by atoms with Crippen molar-refractivity contribution in [2.45, 2.75) is 123 Å². The lowest BCUT2D eigenvalue weighted by Crippen LogP contribution is -2.16. The van der Waals surface area contributed by atoms with Crippen molar-refractivity contribution in [3.05, 3.63) is 47.5 Å². The fourth-order valence-corrected chi connectivity index (χ4v) is 5.32. The molecule has 1 aliphatic rings. The Morgan fingerprint density at radius 1 is 0.781 bits per heavy atom. The number of aromatic nitrogens is 2. The molecule has 0 radical (unpaired) electrons. The van der Waals surface area contributed by atoms with Gasteiger partial charge in [0, 0.05) is 23.4 Å². The highest BCUT2D eigenvalue weighted by molar-refractivity contribution is 5.65. The smallest absolute Gasteiger partial charge is 0.131 e. The van der Waals surface area contributed by atoms with Crippen LogP contribution in [0.15, 0.2) is 30.5 Å². The van der Waals surface area contributed by atoms with Crippen LogP contribution < -0.4 is 0 Å². The molecule has 2 nitrogen and oxygen atoms in total. The molecule has 2 aromatic rings. The molecule has 0 amide bonds. The Balaban J connectivity index is 1.49. The molecule has 0 bridgehead atoms. The van der Waals surface area contributed by atoms with Crippen LogP contribution in [0.1, 0.15) is 127 Å². The number of aryl methyl sites for hydroxylation is 2. The van der Waals surface area contributed by atoms with Gasteiger partial charge in [-0.2, -0.15) is 0 Å². The minimum atomic E-state index is 0.560. The second kappa shape index (κ2) is 13.8. The van der Waals surface area contributed by atoms with Gasteiger partial charge in [-0.3, -0.25) is 0 Å². The van der Waals surface area contributed by atoms with E-state index in [2.05, 4.69) is 51.2 Å². The number of hydrogen-bond donors (Lipinski definition) is 0. The Morgan fingerprint density at radius 3 is 2.12 bits per heavy atom. The van der Waals surface area contributed by atoms with Gasteiger partial charge in [-0.05, 0) is 62.5 Å². The molecule has 0 aliphatic heterocycles. The zero-order valence-electron chi connectivity index (χ0n) is 21.0. The Hall–Kier alpha value is -1.70. The van der Waals surface area contributed by atoms with E-state index in [9.17, 15) is 0 Å². The monoisotopic (exact) mass is 434 g/mol. The van der Waals surface area contributed by atoms with Gasteiger partial charge in [0.05, 0.1) is 0 Å². The first-order chi connectivity index (χ1) is 15.7. The lowest BCUT2D eigenvalue weighted by atomic mass is 9.79. The third kappa shape index (κ3) is 7.71. The number of hydrogen-bond acceptors (Lipinski definition) is 2. The van der Waals surface area contributed by atoms with Crippen LogP contribution in [0.3, 0.4) is 0 Å². The van der Waals surface area contributed by atoms with Crippen LogP contribution >= 0.6 is 0 Å². The predicted molar refractivity (Wildman–Crippen MR) is 138 cm³/mol. The SMILES string of the molecule is CCCCCCCCc1ccc(-c2cnc([C@H]3CC[C@H](CCCCC)CC3)nc2C)cc1. The topological polar surface area (TPSA) is 25.8 Å². The van der Waals surface area contributed by atoms with E-state index >= 15 is 0 Å². The summed E-state index contributed by atoms with van der Waals surface area (Å²) in [5, 5.41) is 0. The van der Waals surface area contributed by atoms with Crippen molar-refractivity contribution in [2.75, 3.05) is 0 Å². The number of unbranched alkanes of at least 4 members (excludes halogenated alkanes) is 7. The van der Waals surface area contributed by atoms with Gasteiger partial charge in [-0.25, -0.2) is 9.97 Å². The standard InChI is InChI=1S/C30H46N2/c1-4-6-8-9-10-12-14-26-15-19-27(20-16-26)29-23-31-30(32-24(29)3)28-21-17-25(18-22-28)13-11-7-5-2/h15-16,19-20,23,25,28H,4-14,17-18,21-22H2,1-3H3/t25-,28-. The summed E-state index contributed by atoms with van der Waals surface area (Å²) in [6, 6.07) is 9.13. The van der Waals surface area contributed by atoms with Crippen molar-refractivity contribution in [1.29, 1.82) is 0 Å². The normalized spacial score (nSPS) is 18.7. The second-order valence-corrected chi connectivity index (χ2v) is 10.2. The van der Waals surface area contributed by atoms with E-state index in [1.54, 1.807) is 0 Å². The van der Waals surface area contributed by atoms with Gasteiger partial charge in [0.2, 0.25) is 0 Å².